The second-order valence-electron chi connectivity index (χ2n) is 8.49. The highest BCUT2D eigenvalue weighted by atomic mass is 19.3. The zero-order chi connectivity index (χ0) is 24.1. The minimum Gasteiger partial charge on any atom is -0.435 e. The van der Waals surface area contributed by atoms with Gasteiger partial charge in [0.1, 0.15) is 17.4 Å². The van der Waals surface area contributed by atoms with E-state index in [1.165, 1.54) is 36.4 Å². The zero-order valence-corrected chi connectivity index (χ0v) is 18.9. The van der Waals surface area contributed by atoms with Crippen molar-refractivity contribution < 1.29 is 22.3 Å². The largest absolute Gasteiger partial charge is 0.435 e. The molecule has 0 spiro atoms. The van der Waals surface area contributed by atoms with Gasteiger partial charge in [-0.1, -0.05) is 74.4 Å². The molecule has 0 amide bonds. The summed E-state index contributed by atoms with van der Waals surface area (Å²) in [4.78, 5) is 0. The molecule has 1 unspecified atom stereocenters. The summed E-state index contributed by atoms with van der Waals surface area (Å²) >= 11 is 0. The molecular weight excluding hydrogens is 440 g/mol. The van der Waals surface area contributed by atoms with Crippen molar-refractivity contribution >= 4 is 10.8 Å². The fraction of sp³-hybridized carbons (Fsp3) is 0.241. The van der Waals surface area contributed by atoms with E-state index in [9.17, 15) is 8.78 Å². The van der Waals surface area contributed by atoms with Gasteiger partial charge in [-0.05, 0) is 70.5 Å². The summed E-state index contributed by atoms with van der Waals surface area (Å²) in [5, 5.41) is 2.30. The van der Waals surface area contributed by atoms with E-state index >= 15 is 8.78 Å². The molecule has 0 aliphatic rings. The highest BCUT2D eigenvalue weighted by molar-refractivity contribution is 5.83. The topological polar surface area (TPSA) is 9.23 Å². The van der Waals surface area contributed by atoms with Gasteiger partial charge in [-0.15, -0.1) is 0 Å². The van der Waals surface area contributed by atoms with Crippen molar-refractivity contribution in [3.8, 4) is 16.9 Å². The summed E-state index contributed by atoms with van der Waals surface area (Å²) in [6.07, 6.45) is 3.45. The Kier molecular flexibility index (Phi) is 7.51. The predicted octanol–water partition coefficient (Wildman–Crippen LogP) is 8.90. The maximum Gasteiger partial charge on any atom is 0.387 e. The number of halogens is 4. The molecule has 34 heavy (non-hydrogen) atoms. The van der Waals surface area contributed by atoms with Gasteiger partial charge in [0.25, 0.3) is 0 Å². The van der Waals surface area contributed by atoms with Crippen molar-refractivity contribution in [2.24, 2.45) is 0 Å². The van der Waals surface area contributed by atoms with Crippen LogP contribution in [0.4, 0.5) is 17.6 Å². The van der Waals surface area contributed by atoms with Crippen molar-refractivity contribution in [1.29, 1.82) is 0 Å². The molecule has 0 aromatic heterocycles. The summed E-state index contributed by atoms with van der Waals surface area (Å²) < 4.78 is 59.4. The fourth-order valence-electron chi connectivity index (χ4n) is 4.39. The number of fused-ring (bicyclic) bond motifs is 1. The van der Waals surface area contributed by atoms with Gasteiger partial charge in [0.15, 0.2) is 0 Å². The summed E-state index contributed by atoms with van der Waals surface area (Å²) in [5.74, 6) is -1.43. The van der Waals surface area contributed by atoms with Crippen molar-refractivity contribution in [3.63, 3.8) is 0 Å². The van der Waals surface area contributed by atoms with E-state index in [0.717, 1.165) is 35.6 Å². The summed E-state index contributed by atoms with van der Waals surface area (Å²) in [6.45, 7) is -0.861. The molecule has 1 atom stereocenters. The first-order valence-electron chi connectivity index (χ1n) is 11.5. The quantitative estimate of drug-likeness (QED) is 0.224. The molecule has 1 nitrogen and oxygen atoms in total. The van der Waals surface area contributed by atoms with Crippen molar-refractivity contribution in [2.45, 2.75) is 45.1 Å². The van der Waals surface area contributed by atoms with E-state index in [0.29, 0.717) is 12.0 Å². The van der Waals surface area contributed by atoms with E-state index in [4.69, 9.17) is 0 Å². The molecule has 4 rings (SSSR count). The van der Waals surface area contributed by atoms with Crippen LogP contribution in [0.5, 0.6) is 5.75 Å². The normalized spacial score (nSPS) is 12.3. The lowest BCUT2D eigenvalue weighted by atomic mass is 9.86. The third-order valence-electron chi connectivity index (χ3n) is 6.11. The first-order valence-corrected chi connectivity index (χ1v) is 11.5. The molecule has 0 aliphatic carbocycles. The fourth-order valence-corrected chi connectivity index (χ4v) is 4.39. The van der Waals surface area contributed by atoms with Crippen LogP contribution >= 0.6 is 0 Å². The van der Waals surface area contributed by atoms with Gasteiger partial charge >= 0.3 is 6.61 Å². The standard InChI is InChI=1S/C29H26F4O/c1-2-3-6-23(16-19-9-10-20-7-4-5-8-22(20)15-19)24-17-26(30)28(27(31)18-24)21-11-13-25(14-12-21)34-29(32)33/h4-5,7-15,17-18,23,29H,2-3,6,16H2,1H3. The number of unbranched alkanes of at least 4 members (excludes halogenated alkanes) is 1. The molecule has 0 heterocycles. The van der Waals surface area contributed by atoms with Crippen LogP contribution < -0.4 is 4.74 Å². The summed E-state index contributed by atoms with van der Waals surface area (Å²) in [7, 11) is 0. The molecular formula is C29H26F4O. The van der Waals surface area contributed by atoms with Gasteiger partial charge in [0.2, 0.25) is 0 Å². The van der Waals surface area contributed by atoms with Gasteiger partial charge < -0.3 is 4.74 Å². The number of hydrogen-bond acceptors (Lipinski definition) is 1. The molecule has 0 radical (unpaired) electrons. The lowest BCUT2D eigenvalue weighted by Crippen LogP contribution is -2.06. The van der Waals surface area contributed by atoms with Crippen LogP contribution in [-0.4, -0.2) is 6.61 Å². The Labute approximate surface area is 197 Å². The van der Waals surface area contributed by atoms with Crippen molar-refractivity contribution in [1.82, 2.24) is 0 Å². The Morgan fingerprint density at radius 2 is 1.47 bits per heavy atom. The third-order valence-corrected chi connectivity index (χ3v) is 6.11. The SMILES string of the molecule is CCCCC(Cc1ccc2ccccc2c1)c1cc(F)c(-c2ccc(OC(F)F)cc2)c(F)c1. The van der Waals surface area contributed by atoms with Crippen LogP contribution in [-0.2, 0) is 6.42 Å². The Hall–Kier alpha value is -3.34. The molecule has 0 saturated heterocycles. The molecule has 176 valence electrons. The minimum atomic E-state index is -2.96. The van der Waals surface area contributed by atoms with E-state index in [2.05, 4.69) is 42.0 Å². The third kappa shape index (κ3) is 5.58. The molecule has 4 aromatic rings. The maximum atomic E-state index is 15.1. The first-order chi connectivity index (χ1) is 16.4. The number of ether oxygens (including phenoxy) is 1. The highest BCUT2D eigenvalue weighted by Crippen LogP contribution is 2.34. The van der Waals surface area contributed by atoms with Crippen LogP contribution in [0.1, 0.15) is 43.2 Å². The zero-order valence-electron chi connectivity index (χ0n) is 18.9. The first kappa shape index (κ1) is 23.8. The summed E-state index contributed by atoms with van der Waals surface area (Å²) in [5.41, 5.74) is 1.84. The minimum absolute atomic E-state index is 0.0269. The lowest BCUT2D eigenvalue weighted by Gasteiger charge is -2.19. The second kappa shape index (κ2) is 10.7. The van der Waals surface area contributed by atoms with Gasteiger partial charge in [-0.2, -0.15) is 8.78 Å². The number of hydrogen-bond donors (Lipinski definition) is 0. The average molecular weight is 467 g/mol. The predicted molar refractivity (Wildman–Crippen MR) is 128 cm³/mol. The monoisotopic (exact) mass is 466 g/mol. The Balaban J connectivity index is 1.63. The molecule has 0 saturated carbocycles. The Morgan fingerprint density at radius 1 is 0.794 bits per heavy atom. The van der Waals surface area contributed by atoms with Crippen LogP contribution in [0.3, 0.4) is 0 Å². The average Bonchev–Trinajstić information content (AvgIpc) is 2.82. The number of alkyl halides is 2. The molecule has 0 N–H and O–H groups in total. The second-order valence-corrected chi connectivity index (χ2v) is 8.49. The Bertz CT molecular complexity index is 1230. The van der Waals surface area contributed by atoms with Crippen molar-refractivity contribution in [2.75, 3.05) is 0 Å². The molecule has 4 aromatic carbocycles. The van der Waals surface area contributed by atoms with Gasteiger partial charge in [0.05, 0.1) is 5.56 Å². The number of benzene rings is 4. The van der Waals surface area contributed by atoms with Crippen LogP contribution in [0, 0.1) is 11.6 Å². The van der Waals surface area contributed by atoms with E-state index in [1.807, 2.05) is 12.1 Å². The molecule has 0 aliphatic heterocycles. The number of rotatable bonds is 9. The van der Waals surface area contributed by atoms with Crippen molar-refractivity contribution in [3.05, 3.63) is 102 Å². The van der Waals surface area contributed by atoms with E-state index in [-0.39, 0.29) is 22.8 Å². The van der Waals surface area contributed by atoms with Crippen LogP contribution in [0.15, 0.2) is 78.9 Å². The molecule has 0 bridgehead atoms. The van der Waals surface area contributed by atoms with Crippen LogP contribution in [0.2, 0.25) is 0 Å². The van der Waals surface area contributed by atoms with Gasteiger partial charge in [0, 0.05) is 0 Å². The maximum absolute atomic E-state index is 15.1. The smallest absolute Gasteiger partial charge is 0.387 e. The van der Waals surface area contributed by atoms with Gasteiger partial charge in [-0.3, -0.25) is 0 Å². The molecule has 5 heteroatoms. The van der Waals surface area contributed by atoms with Crippen LogP contribution in [0.25, 0.3) is 21.9 Å². The van der Waals surface area contributed by atoms with E-state index in [1.54, 1.807) is 0 Å². The highest BCUT2D eigenvalue weighted by Gasteiger charge is 2.19. The lowest BCUT2D eigenvalue weighted by molar-refractivity contribution is -0.0498. The summed E-state index contributed by atoms with van der Waals surface area (Å²) in [6, 6.07) is 22.5. The van der Waals surface area contributed by atoms with E-state index < -0.39 is 18.2 Å². The molecule has 0 fully saturated rings. The Morgan fingerprint density at radius 3 is 2.12 bits per heavy atom. The van der Waals surface area contributed by atoms with Gasteiger partial charge in [-0.25, -0.2) is 8.78 Å².